The number of rotatable bonds is 4. The molecule has 2 aliphatic rings. The van der Waals surface area contributed by atoms with Crippen molar-refractivity contribution in [3.8, 4) is 11.5 Å². The Morgan fingerprint density at radius 1 is 0.875 bits per heavy atom. The number of nitrogens with zero attached hydrogens (tertiary/aromatic N) is 1. The van der Waals surface area contributed by atoms with Gasteiger partial charge in [0.05, 0.1) is 12.7 Å². The molecular formula is C20H23NO3. The predicted molar refractivity (Wildman–Crippen MR) is 92.6 cm³/mol. The second-order valence-electron chi connectivity index (χ2n) is 6.40. The Kier molecular flexibility index (Phi) is 4.67. The van der Waals surface area contributed by atoms with Gasteiger partial charge in [0.1, 0.15) is 13.2 Å². The average Bonchev–Trinajstić information content (AvgIpc) is 2.63. The number of ether oxygens (including phenoxy) is 3. The Morgan fingerprint density at radius 3 is 2.58 bits per heavy atom. The smallest absolute Gasteiger partial charge is 0.161 e. The van der Waals surface area contributed by atoms with Crippen LogP contribution >= 0.6 is 0 Å². The van der Waals surface area contributed by atoms with Crippen LogP contribution in [0.25, 0.3) is 0 Å². The fourth-order valence-corrected chi connectivity index (χ4v) is 3.37. The van der Waals surface area contributed by atoms with Crippen LogP contribution in [0, 0.1) is 0 Å². The summed E-state index contributed by atoms with van der Waals surface area (Å²) in [5.41, 5.74) is 2.60. The molecule has 0 radical (unpaired) electrons. The lowest BCUT2D eigenvalue weighted by molar-refractivity contribution is -0.0305. The van der Waals surface area contributed by atoms with E-state index in [0.29, 0.717) is 13.2 Å². The van der Waals surface area contributed by atoms with Gasteiger partial charge in [-0.25, -0.2) is 0 Å². The Hall–Kier alpha value is -2.04. The lowest BCUT2D eigenvalue weighted by Gasteiger charge is -2.33. The van der Waals surface area contributed by atoms with Gasteiger partial charge in [-0.3, -0.25) is 4.90 Å². The molecular weight excluding hydrogens is 302 g/mol. The largest absolute Gasteiger partial charge is 0.486 e. The van der Waals surface area contributed by atoms with E-state index in [2.05, 4.69) is 47.4 Å². The minimum atomic E-state index is 0.262. The fourth-order valence-electron chi connectivity index (χ4n) is 3.37. The number of hydrogen-bond acceptors (Lipinski definition) is 4. The highest BCUT2D eigenvalue weighted by Gasteiger charge is 2.21. The van der Waals surface area contributed by atoms with Crippen molar-refractivity contribution < 1.29 is 14.2 Å². The van der Waals surface area contributed by atoms with Gasteiger partial charge in [-0.05, 0) is 29.7 Å². The second kappa shape index (κ2) is 7.24. The molecule has 1 saturated heterocycles. The summed E-state index contributed by atoms with van der Waals surface area (Å²) in [6.07, 6.45) is 1.23. The SMILES string of the molecule is c1ccc(CC2CN(Cc3ccc4c(c3)OCCO4)CCO2)cc1. The molecule has 0 spiro atoms. The molecule has 1 atom stereocenters. The Labute approximate surface area is 142 Å². The van der Waals surface area contributed by atoms with E-state index in [9.17, 15) is 0 Å². The van der Waals surface area contributed by atoms with Crippen molar-refractivity contribution in [2.75, 3.05) is 32.9 Å². The van der Waals surface area contributed by atoms with Crippen molar-refractivity contribution in [1.82, 2.24) is 4.90 Å². The molecule has 1 unspecified atom stereocenters. The normalized spacial score (nSPS) is 20.8. The Balaban J connectivity index is 1.38. The molecule has 0 N–H and O–H groups in total. The van der Waals surface area contributed by atoms with E-state index in [1.165, 1.54) is 11.1 Å². The Bertz CT molecular complexity index is 674. The summed E-state index contributed by atoms with van der Waals surface area (Å²) in [5, 5.41) is 0. The van der Waals surface area contributed by atoms with Gasteiger partial charge < -0.3 is 14.2 Å². The number of hydrogen-bond donors (Lipinski definition) is 0. The number of benzene rings is 2. The van der Waals surface area contributed by atoms with Gasteiger partial charge in [0, 0.05) is 19.6 Å². The molecule has 24 heavy (non-hydrogen) atoms. The molecule has 0 amide bonds. The molecule has 4 rings (SSSR count). The molecule has 2 heterocycles. The summed E-state index contributed by atoms with van der Waals surface area (Å²) in [6.45, 7) is 4.92. The highest BCUT2D eigenvalue weighted by molar-refractivity contribution is 5.43. The third-order valence-corrected chi connectivity index (χ3v) is 4.54. The maximum Gasteiger partial charge on any atom is 0.161 e. The summed E-state index contributed by atoms with van der Waals surface area (Å²) < 4.78 is 17.2. The van der Waals surface area contributed by atoms with Crippen LogP contribution in [0.15, 0.2) is 48.5 Å². The van der Waals surface area contributed by atoms with E-state index in [4.69, 9.17) is 14.2 Å². The zero-order valence-electron chi connectivity index (χ0n) is 13.8. The van der Waals surface area contributed by atoms with Crippen LogP contribution in [0.3, 0.4) is 0 Å². The lowest BCUT2D eigenvalue weighted by atomic mass is 10.1. The van der Waals surface area contributed by atoms with Crippen molar-refractivity contribution in [3.63, 3.8) is 0 Å². The molecule has 0 saturated carbocycles. The van der Waals surface area contributed by atoms with E-state index < -0.39 is 0 Å². The van der Waals surface area contributed by atoms with E-state index in [-0.39, 0.29) is 6.10 Å². The van der Waals surface area contributed by atoms with Crippen LogP contribution in [0.1, 0.15) is 11.1 Å². The van der Waals surface area contributed by atoms with Gasteiger partial charge in [0.15, 0.2) is 11.5 Å². The molecule has 1 fully saturated rings. The van der Waals surface area contributed by atoms with Gasteiger partial charge >= 0.3 is 0 Å². The van der Waals surface area contributed by atoms with E-state index in [1.54, 1.807) is 0 Å². The first kappa shape index (κ1) is 15.5. The summed E-state index contributed by atoms with van der Waals surface area (Å²) >= 11 is 0. The first-order valence-electron chi connectivity index (χ1n) is 8.63. The van der Waals surface area contributed by atoms with Gasteiger partial charge in [0.2, 0.25) is 0 Å². The monoisotopic (exact) mass is 325 g/mol. The van der Waals surface area contributed by atoms with Crippen molar-refractivity contribution in [3.05, 3.63) is 59.7 Å². The molecule has 0 aliphatic carbocycles. The van der Waals surface area contributed by atoms with Gasteiger partial charge in [0.25, 0.3) is 0 Å². The van der Waals surface area contributed by atoms with Crippen LogP contribution in [0.5, 0.6) is 11.5 Å². The Morgan fingerprint density at radius 2 is 1.71 bits per heavy atom. The highest BCUT2D eigenvalue weighted by atomic mass is 16.6. The summed E-state index contributed by atoms with van der Waals surface area (Å²) in [6, 6.07) is 16.8. The minimum Gasteiger partial charge on any atom is -0.486 e. The highest BCUT2D eigenvalue weighted by Crippen LogP contribution is 2.31. The summed E-state index contributed by atoms with van der Waals surface area (Å²) in [7, 11) is 0. The number of fused-ring (bicyclic) bond motifs is 1. The molecule has 0 aromatic heterocycles. The lowest BCUT2D eigenvalue weighted by Crippen LogP contribution is -2.42. The minimum absolute atomic E-state index is 0.262. The maximum absolute atomic E-state index is 5.95. The molecule has 2 aromatic carbocycles. The quantitative estimate of drug-likeness (QED) is 0.865. The van der Waals surface area contributed by atoms with Crippen molar-refractivity contribution in [2.24, 2.45) is 0 Å². The van der Waals surface area contributed by atoms with Gasteiger partial charge in [-0.15, -0.1) is 0 Å². The van der Waals surface area contributed by atoms with E-state index in [1.807, 2.05) is 6.07 Å². The van der Waals surface area contributed by atoms with Crippen molar-refractivity contribution in [2.45, 2.75) is 19.1 Å². The number of morpholine rings is 1. The second-order valence-corrected chi connectivity index (χ2v) is 6.40. The van der Waals surface area contributed by atoms with Crippen LogP contribution < -0.4 is 9.47 Å². The molecule has 126 valence electrons. The van der Waals surface area contributed by atoms with Crippen LogP contribution in [-0.4, -0.2) is 43.9 Å². The maximum atomic E-state index is 5.95. The molecule has 2 aliphatic heterocycles. The van der Waals surface area contributed by atoms with E-state index in [0.717, 1.165) is 44.2 Å². The molecule has 4 nitrogen and oxygen atoms in total. The first-order valence-corrected chi connectivity index (χ1v) is 8.63. The van der Waals surface area contributed by atoms with Crippen LogP contribution in [0.4, 0.5) is 0 Å². The average molecular weight is 325 g/mol. The van der Waals surface area contributed by atoms with E-state index >= 15 is 0 Å². The predicted octanol–water partition coefficient (Wildman–Crippen LogP) is 2.90. The third-order valence-electron chi connectivity index (χ3n) is 4.54. The first-order chi connectivity index (χ1) is 11.9. The third kappa shape index (κ3) is 3.71. The standard InChI is InChI=1S/C20H23NO3/c1-2-4-16(5-3-1)12-18-15-21(8-9-22-18)14-17-6-7-19-20(13-17)24-11-10-23-19/h1-7,13,18H,8-12,14-15H2. The zero-order chi connectivity index (χ0) is 16.2. The topological polar surface area (TPSA) is 30.9 Å². The molecule has 0 bridgehead atoms. The van der Waals surface area contributed by atoms with Crippen LogP contribution in [0.2, 0.25) is 0 Å². The van der Waals surface area contributed by atoms with Crippen molar-refractivity contribution >= 4 is 0 Å². The van der Waals surface area contributed by atoms with Crippen LogP contribution in [-0.2, 0) is 17.7 Å². The molecule has 4 heteroatoms. The van der Waals surface area contributed by atoms with Gasteiger partial charge in [-0.1, -0.05) is 36.4 Å². The summed E-state index contributed by atoms with van der Waals surface area (Å²) in [5.74, 6) is 1.72. The van der Waals surface area contributed by atoms with Gasteiger partial charge in [-0.2, -0.15) is 0 Å². The zero-order valence-corrected chi connectivity index (χ0v) is 13.8. The van der Waals surface area contributed by atoms with Crippen molar-refractivity contribution in [1.29, 1.82) is 0 Å². The molecule has 2 aromatic rings. The summed E-state index contributed by atoms with van der Waals surface area (Å²) in [4.78, 5) is 2.46. The fraction of sp³-hybridized carbons (Fsp3) is 0.400.